The minimum atomic E-state index is -1.33. The van der Waals surface area contributed by atoms with Crippen LogP contribution in [0.3, 0.4) is 0 Å². The summed E-state index contributed by atoms with van der Waals surface area (Å²) in [6.45, 7) is 9.51. The first-order valence-corrected chi connectivity index (χ1v) is 11.9. The zero-order chi connectivity index (χ0) is 25.2. The number of para-hydroxylation sites is 1. The molecule has 0 amide bonds. The summed E-state index contributed by atoms with van der Waals surface area (Å²) in [5.74, 6) is 0.322. The molecule has 2 heterocycles. The molecule has 0 saturated carbocycles. The Bertz CT molecular complexity index is 1240. The van der Waals surface area contributed by atoms with Crippen LogP contribution in [-0.2, 0) is 16.0 Å². The molecule has 1 aromatic heterocycles. The highest BCUT2D eigenvalue weighted by Gasteiger charge is 2.30. The van der Waals surface area contributed by atoms with Crippen molar-refractivity contribution < 1.29 is 24.2 Å². The molecule has 3 aromatic rings. The molecule has 2 aromatic carbocycles. The number of hydrogen-bond acceptors (Lipinski definition) is 6. The molecule has 0 aliphatic carbocycles. The number of ketones is 1. The smallest absolute Gasteiger partial charge is 0.347 e. The molecule has 1 N–H and O–H groups in total. The zero-order valence-electron chi connectivity index (χ0n) is 20.8. The predicted molar refractivity (Wildman–Crippen MR) is 136 cm³/mol. The van der Waals surface area contributed by atoms with Gasteiger partial charge in [-0.2, -0.15) is 0 Å². The normalized spacial score (nSPS) is 14.2. The average Bonchev–Trinajstić information content (AvgIpc) is 2.84. The van der Waals surface area contributed by atoms with Crippen molar-refractivity contribution in [3.63, 3.8) is 0 Å². The van der Waals surface area contributed by atoms with Crippen molar-refractivity contribution in [3.05, 3.63) is 64.7 Å². The number of carbonyl (C=O) groups excluding carboxylic acids is 1. The number of Topliss-reactive ketones (excluding diaryl/α,β-unsaturated/α-hetero) is 1. The molecule has 0 unspecified atom stereocenters. The monoisotopic (exact) mass is 476 g/mol. The van der Waals surface area contributed by atoms with Gasteiger partial charge >= 0.3 is 5.97 Å². The van der Waals surface area contributed by atoms with E-state index >= 15 is 0 Å². The number of morpholine rings is 1. The summed E-state index contributed by atoms with van der Waals surface area (Å²) in [7, 11) is 0. The van der Waals surface area contributed by atoms with Gasteiger partial charge in [-0.15, -0.1) is 0 Å². The minimum absolute atomic E-state index is 0.0485. The fraction of sp³-hybridized carbons (Fsp3) is 0.393. The maximum absolute atomic E-state index is 13.4. The van der Waals surface area contributed by atoms with Gasteiger partial charge < -0.3 is 19.5 Å². The summed E-state index contributed by atoms with van der Waals surface area (Å²) < 4.78 is 11.3. The number of anilines is 1. The summed E-state index contributed by atoms with van der Waals surface area (Å²) in [6.07, 6.45) is 0.912. The Morgan fingerprint density at radius 1 is 1.09 bits per heavy atom. The van der Waals surface area contributed by atoms with Crippen LogP contribution in [0.25, 0.3) is 10.9 Å². The van der Waals surface area contributed by atoms with Gasteiger partial charge in [0.05, 0.1) is 24.3 Å². The van der Waals surface area contributed by atoms with E-state index in [0.717, 1.165) is 33.4 Å². The number of carboxylic acids is 1. The van der Waals surface area contributed by atoms with Crippen LogP contribution in [-0.4, -0.2) is 53.7 Å². The van der Waals surface area contributed by atoms with Gasteiger partial charge in [-0.3, -0.25) is 4.79 Å². The lowest BCUT2D eigenvalue weighted by Crippen LogP contribution is -2.38. The van der Waals surface area contributed by atoms with Gasteiger partial charge in [-0.1, -0.05) is 30.3 Å². The Labute approximate surface area is 205 Å². The second-order valence-electron chi connectivity index (χ2n) is 9.55. The van der Waals surface area contributed by atoms with Crippen molar-refractivity contribution in [1.82, 2.24) is 4.98 Å². The molecule has 1 fully saturated rings. The number of fused-ring (bicyclic) bond motifs is 1. The molecule has 184 valence electrons. The third-order valence-corrected chi connectivity index (χ3v) is 6.35. The van der Waals surface area contributed by atoms with Gasteiger partial charge in [0.2, 0.25) is 0 Å². The summed E-state index contributed by atoms with van der Waals surface area (Å²) in [4.78, 5) is 31.9. The van der Waals surface area contributed by atoms with E-state index in [4.69, 9.17) is 14.5 Å². The molecule has 35 heavy (non-hydrogen) atoms. The Hall–Kier alpha value is -3.45. The Kier molecular flexibility index (Phi) is 7.08. The fourth-order valence-electron chi connectivity index (χ4n) is 4.36. The Morgan fingerprint density at radius 3 is 2.40 bits per heavy atom. The first-order valence-electron chi connectivity index (χ1n) is 11.9. The van der Waals surface area contributed by atoms with Gasteiger partial charge in [0.15, 0.2) is 11.4 Å². The first-order chi connectivity index (χ1) is 16.7. The molecular formula is C28H32N2O5. The number of aryl methyl sites for hydroxylation is 3. The number of carboxylic acid groups (broad SMARTS) is 1. The maximum atomic E-state index is 13.4. The van der Waals surface area contributed by atoms with Crippen molar-refractivity contribution in [2.75, 3.05) is 31.2 Å². The topological polar surface area (TPSA) is 89.0 Å². The number of nitrogens with zero attached hydrogens (tertiary/aromatic N) is 2. The molecule has 0 atom stereocenters. The van der Waals surface area contributed by atoms with Gasteiger partial charge in [-0.25, -0.2) is 9.78 Å². The van der Waals surface area contributed by atoms with Crippen LogP contribution >= 0.6 is 0 Å². The van der Waals surface area contributed by atoms with Gasteiger partial charge in [-0.05, 0) is 62.9 Å². The number of rotatable bonds is 8. The lowest BCUT2D eigenvalue weighted by molar-refractivity contribution is -0.152. The van der Waals surface area contributed by atoms with Crippen molar-refractivity contribution >= 4 is 28.5 Å². The second-order valence-corrected chi connectivity index (χ2v) is 9.55. The zero-order valence-corrected chi connectivity index (χ0v) is 20.8. The average molecular weight is 477 g/mol. The highest BCUT2D eigenvalue weighted by molar-refractivity contribution is 6.03. The highest BCUT2D eigenvalue weighted by Crippen LogP contribution is 2.30. The summed E-state index contributed by atoms with van der Waals surface area (Å²) in [5, 5.41) is 10.3. The number of pyridine rings is 1. The number of carbonyl (C=O) groups is 2. The van der Waals surface area contributed by atoms with E-state index in [9.17, 15) is 14.7 Å². The third kappa shape index (κ3) is 5.46. The third-order valence-electron chi connectivity index (χ3n) is 6.35. The second kappa shape index (κ2) is 10.0. The van der Waals surface area contributed by atoms with E-state index in [1.807, 2.05) is 56.3 Å². The van der Waals surface area contributed by atoms with Crippen LogP contribution in [0.1, 0.15) is 47.3 Å². The molecule has 7 nitrogen and oxygen atoms in total. The molecule has 0 spiro atoms. The molecular weight excluding hydrogens is 444 g/mol. The van der Waals surface area contributed by atoms with Crippen LogP contribution < -0.4 is 9.64 Å². The van der Waals surface area contributed by atoms with Crippen LogP contribution in [0.2, 0.25) is 0 Å². The number of hydrogen-bond donors (Lipinski definition) is 1. The quantitative estimate of drug-likeness (QED) is 0.470. The van der Waals surface area contributed by atoms with Gasteiger partial charge in [0.25, 0.3) is 0 Å². The first kappa shape index (κ1) is 24.7. The van der Waals surface area contributed by atoms with Crippen molar-refractivity contribution in [3.8, 4) is 5.75 Å². The van der Waals surface area contributed by atoms with Crippen LogP contribution in [0.5, 0.6) is 5.75 Å². The SMILES string of the molecule is Cc1cc(CCC(=O)c2cc3ccccc3nc2N2CCOCC2)cc(C)c1OC(C)(C)C(=O)O. The molecule has 0 bridgehead atoms. The van der Waals surface area contributed by atoms with Crippen molar-refractivity contribution in [2.24, 2.45) is 0 Å². The van der Waals surface area contributed by atoms with E-state index < -0.39 is 11.6 Å². The molecule has 1 saturated heterocycles. The lowest BCUT2D eigenvalue weighted by atomic mass is 9.98. The number of ether oxygens (including phenoxy) is 2. The molecule has 0 radical (unpaired) electrons. The lowest BCUT2D eigenvalue weighted by Gasteiger charge is -2.29. The Balaban J connectivity index is 1.56. The molecule has 7 heteroatoms. The summed E-state index contributed by atoms with van der Waals surface area (Å²) in [6, 6.07) is 13.7. The van der Waals surface area contributed by atoms with E-state index in [-0.39, 0.29) is 5.78 Å². The Morgan fingerprint density at radius 2 is 1.74 bits per heavy atom. The van der Waals surface area contributed by atoms with Crippen LogP contribution in [0.4, 0.5) is 5.82 Å². The number of aromatic nitrogens is 1. The standard InChI is InChI=1S/C28H32N2O5/c1-18-15-20(16-19(2)25(18)35-28(3,4)27(32)33)9-10-24(31)22-17-21-7-5-6-8-23(21)29-26(22)30-11-13-34-14-12-30/h5-8,15-17H,9-14H2,1-4H3,(H,32,33). The molecule has 1 aliphatic rings. The maximum Gasteiger partial charge on any atom is 0.347 e. The molecule has 4 rings (SSSR count). The van der Waals surface area contributed by atoms with E-state index in [0.29, 0.717) is 50.5 Å². The van der Waals surface area contributed by atoms with Gasteiger partial charge in [0.1, 0.15) is 11.6 Å². The molecule has 1 aliphatic heterocycles. The summed E-state index contributed by atoms with van der Waals surface area (Å²) >= 11 is 0. The van der Waals surface area contributed by atoms with Crippen molar-refractivity contribution in [2.45, 2.75) is 46.1 Å². The summed E-state index contributed by atoms with van der Waals surface area (Å²) in [5.41, 5.74) is 2.90. The van der Waals surface area contributed by atoms with Crippen LogP contribution in [0.15, 0.2) is 42.5 Å². The number of benzene rings is 2. The van der Waals surface area contributed by atoms with Crippen molar-refractivity contribution in [1.29, 1.82) is 0 Å². The highest BCUT2D eigenvalue weighted by atomic mass is 16.5. The minimum Gasteiger partial charge on any atom is -0.478 e. The predicted octanol–water partition coefficient (Wildman–Crippen LogP) is 4.75. The number of aliphatic carboxylic acids is 1. The van der Waals surface area contributed by atoms with E-state index in [1.165, 1.54) is 13.8 Å². The van der Waals surface area contributed by atoms with E-state index in [2.05, 4.69) is 4.90 Å². The van der Waals surface area contributed by atoms with Crippen LogP contribution in [0, 0.1) is 13.8 Å². The fourth-order valence-corrected chi connectivity index (χ4v) is 4.36. The van der Waals surface area contributed by atoms with E-state index in [1.54, 1.807) is 0 Å². The van der Waals surface area contributed by atoms with Gasteiger partial charge in [0, 0.05) is 24.9 Å². The largest absolute Gasteiger partial charge is 0.478 e.